The molecule has 1 unspecified atom stereocenters. The lowest BCUT2D eigenvalue weighted by molar-refractivity contribution is 0.584. The number of aromatic nitrogens is 2. The minimum Gasteiger partial charge on any atom is -0.305 e. The van der Waals surface area contributed by atoms with Crippen molar-refractivity contribution in [2.24, 2.45) is 0 Å². The van der Waals surface area contributed by atoms with Crippen molar-refractivity contribution >= 4 is 15.9 Å². The van der Waals surface area contributed by atoms with E-state index < -0.39 is 0 Å². The van der Waals surface area contributed by atoms with E-state index >= 15 is 0 Å². The molecule has 0 fully saturated rings. The molecule has 1 heterocycles. The van der Waals surface area contributed by atoms with E-state index in [0.717, 1.165) is 23.1 Å². The van der Waals surface area contributed by atoms with Crippen LogP contribution in [0.3, 0.4) is 0 Å². The van der Waals surface area contributed by atoms with Crippen LogP contribution in [-0.2, 0) is 0 Å². The monoisotopic (exact) mass is 305 g/mol. The van der Waals surface area contributed by atoms with Crippen LogP contribution in [0.25, 0.3) is 0 Å². The van der Waals surface area contributed by atoms with Gasteiger partial charge in [0.1, 0.15) is 0 Å². The summed E-state index contributed by atoms with van der Waals surface area (Å²) in [5.41, 5.74) is 2.14. The number of halogens is 1. The first-order valence-corrected chi connectivity index (χ1v) is 6.85. The zero-order valence-electron chi connectivity index (χ0n) is 10.3. The predicted octanol–water partition coefficient (Wildman–Crippen LogP) is 3.33. The Kier molecular flexibility index (Phi) is 4.84. The van der Waals surface area contributed by atoms with Gasteiger partial charge in [0.15, 0.2) is 0 Å². The van der Waals surface area contributed by atoms with Crippen molar-refractivity contribution in [2.75, 3.05) is 6.54 Å². The number of benzene rings is 1. The summed E-state index contributed by atoms with van der Waals surface area (Å²) in [5.74, 6) is 0. The van der Waals surface area contributed by atoms with E-state index in [1.807, 2.05) is 18.3 Å². The van der Waals surface area contributed by atoms with E-state index in [4.69, 9.17) is 0 Å². The Morgan fingerprint density at radius 1 is 1.33 bits per heavy atom. The Balaban J connectivity index is 2.31. The molecule has 0 aliphatic rings. The maximum Gasteiger partial charge on any atom is 0.0801 e. The molecule has 0 radical (unpaired) electrons. The highest BCUT2D eigenvalue weighted by Gasteiger charge is 2.14. The van der Waals surface area contributed by atoms with Crippen LogP contribution in [0.4, 0.5) is 0 Å². The van der Waals surface area contributed by atoms with Crippen molar-refractivity contribution in [3.05, 3.63) is 58.6 Å². The molecule has 94 valence electrons. The van der Waals surface area contributed by atoms with Gasteiger partial charge in [0.2, 0.25) is 0 Å². The van der Waals surface area contributed by atoms with Crippen LogP contribution in [0.15, 0.2) is 47.3 Å². The Morgan fingerprint density at radius 2 is 2.22 bits per heavy atom. The first-order chi connectivity index (χ1) is 8.81. The Hall–Kier alpha value is -1.26. The maximum atomic E-state index is 4.40. The molecule has 0 spiro atoms. The van der Waals surface area contributed by atoms with Gasteiger partial charge in [0.05, 0.1) is 17.9 Å². The highest BCUT2D eigenvalue weighted by molar-refractivity contribution is 9.10. The second-order valence-electron chi connectivity index (χ2n) is 4.07. The lowest BCUT2D eigenvalue weighted by atomic mass is 10.0. The molecular formula is C14H16BrN3. The third-order valence-corrected chi connectivity index (χ3v) is 3.15. The van der Waals surface area contributed by atoms with E-state index in [0.29, 0.717) is 0 Å². The van der Waals surface area contributed by atoms with Crippen LogP contribution < -0.4 is 5.32 Å². The number of nitrogens with one attached hydrogen (secondary N) is 1. The summed E-state index contributed by atoms with van der Waals surface area (Å²) >= 11 is 3.51. The zero-order chi connectivity index (χ0) is 12.8. The fourth-order valence-corrected chi connectivity index (χ4v) is 2.24. The van der Waals surface area contributed by atoms with Crippen LogP contribution in [-0.4, -0.2) is 16.5 Å². The normalized spacial score (nSPS) is 12.3. The van der Waals surface area contributed by atoms with Crippen molar-refractivity contribution in [2.45, 2.75) is 19.4 Å². The molecule has 0 aliphatic heterocycles. The molecule has 1 aromatic carbocycles. The SMILES string of the molecule is CCCNC(c1cccc(Br)c1)c1cnccn1. The summed E-state index contributed by atoms with van der Waals surface area (Å²) in [6.07, 6.45) is 6.33. The lowest BCUT2D eigenvalue weighted by Crippen LogP contribution is -2.24. The smallest absolute Gasteiger partial charge is 0.0801 e. The van der Waals surface area contributed by atoms with Gasteiger partial charge in [-0.1, -0.05) is 35.0 Å². The highest BCUT2D eigenvalue weighted by Crippen LogP contribution is 2.22. The Labute approximate surface area is 116 Å². The fraction of sp³-hybridized carbons (Fsp3) is 0.286. The van der Waals surface area contributed by atoms with E-state index in [-0.39, 0.29) is 6.04 Å². The first kappa shape index (κ1) is 13.2. The second kappa shape index (κ2) is 6.61. The molecule has 0 saturated carbocycles. The molecule has 0 aliphatic carbocycles. The van der Waals surface area contributed by atoms with Crippen molar-refractivity contribution < 1.29 is 0 Å². The van der Waals surface area contributed by atoms with Gasteiger partial charge in [-0.3, -0.25) is 9.97 Å². The van der Waals surface area contributed by atoms with Gasteiger partial charge in [0.25, 0.3) is 0 Å². The van der Waals surface area contributed by atoms with Crippen LogP contribution in [0, 0.1) is 0 Å². The molecular weight excluding hydrogens is 290 g/mol. The minimum atomic E-state index is 0.0937. The molecule has 2 aromatic rings. The van der Waals surface area contributed by atoms with Gasteiger partial charge in [-0.05, 0) is 30.7 Å². The fourth-order valence-electron chi connectivity index (χ4n) is 1.83. The number of hydrogen-bond donors (Lipinski definition) is 1. The largest absolute Gasteiger partial charge is 0.305 e. The topological polar surface area (TPSA) is 37.8 Å². The number of nitrogens with zero attached hydrogens (tertiary/aromatic N) is 2. The van der Waals surface area contributed by atoms with Crippen LogP contribution in [0.5, 0.6) is 0 Å². The van der Waals surface area contributed by atoms with Crippen molar-refractivity contribution in [3.63, 3.8) is 0 Å². The maximum absolute atomic E-state index is 4.40. The van der Waals surface area contributed by atoms with E-state index in [1.165, 1.54) is 5.56 Å². The molecule has 18 heavy (non-hydrogen) atoms. The molecule has 3 nitrogen and oxygen atoms in total. The van der Waals surface area contributed by atoms with Crippen molar-refractivity contribution in [1.82, 2.24) is 15.3 Å². The summed E-state index contributed by atoms with van der Waals surface area (Å²) in [7, 11) is 0. The van der Waals surface area contributed by atoms with E-state index in [2.05, 4.69) is 50.3 Å². The van der Waals surface area contributed by atoms with Crippen molar-refractivity contribution in [1.29, 1.82) is 0 Å². The van der Waals surface area contributed by atoms with Crippen LogP contribution >= 0.6 is 15.9 Å². The summed E-state index contributed by atoms with van der Waals surface area (Å²) in [6, 6.07) is 8.37. The van der Waals surface area contributed by atoms with E-state index in [9.17, 15) is 0 Å². The van der Waals surface area contributed by atoms with Gasteiger partial charge in [-0.15, -0.1) is 0 Å². The van der Waals surface area contributed by atoms with Gasteiger partial charge in [-0.2, -0.15) is 0 Å². The Bertz CT molecular complexity index is 487. The summed E-state index contributed by atoms with van der Waals surface area (Å²) in [5, 5.41) is 3.51. The molecule has 4 heteroatoms. The van der Waals surface area contributed by atoms with Gasteiger partial charge in [0, 0.05) is 16.9 Å². The molecule has 1 N–H and O–H groups in total. The van der Waals surface area contributed by atoms with Crippen LogP contribution in [0.2, 0.25) is 0 Å². The van der Waals surface area contributed by atoms with Crippen LogP contribution in [0.1, 0.15) is 30.6 Å². The highest BCUT2D eigenvalue weighted by atomic mass is 79.9. The van der Waals surface area contributed by atoms with Gasteiger partial charge < -0.3 is 5.32 Å². The molecule has 1 atom stereocenters. The average molecular weight is 306 g/mol. The standard InChI is InChI=1S/C14H16BrN3/c1-2-6-18-14(13-10-16-7-8-17-13)11-4-3-5-12(15)9-11/h3-5,7-10,14,18H,2,6H2,1H3. The average Bonchev–Trinajstić information content (AvgIpc) is 2.40. The zero-order valence-corrected chi connectivity index (χ0v) is 11.9. The third kappa shape index (κ3) is 3.37. The molecule has 0 saturated heterocycles. The molecule has 0 bridgehead atoms. The quantitative estimate of drug-likeness (QED) is 0.921. The second-order valence-corrected chi connectivity index (χ2v) is 4.99. The lowest BCUT2D eigenvalue weighted by Gasteiger charge is -2.18. The number of hydrogen-bond acceptors (Lipinski definition) is 3. The third-order valence-electron chi connectivity index (χ3n) is 2.66. The van der Waals surface area contributed by atoms with Crippen molar-refractivity contribution in [3.8, 4) is 0 Å². The Morgan fingerprint density at radius 3 is 2.89 bits per heavy atom. The molecule has 0 amide bonds. The minimum absolute atomic E-state index is 0.0937. The predicted molar refractivity (Wildman–Crippen MR) is 76.3 cm³/mol. The first-order valence-electron chi connectivity index (χ1n) is 6.06. The molecule has 2 rings (SSSR count). The summed E-state index contributed by atoms with van der Waals surface area (Å²) in [4.78, 5) is 8.55. The summed E-state index contributed by atoms with van der Waals surface area (Å²) < 4.78 is 1.08. The van der Waals surface area contributed by atoms with Gasteiger partial charge >= 0.3 is 0 Å². The van der Waals surface area contributed by atoms with Gasteiger partial charge in [-0.25, -0.2) is 0 Å². The summed E-state index contributed by atoms with van der Waals surface area (Å²) in [6.45, 7) is 3.11. The molecule has 1 aromatic heterocycles. The number of rotatable bonds is 5. The van der Waals surface area contributed by atoms with E-state index in [1.54, 1.807) is 12.4 Å².